The zero-order valence-corrected chi connectivity index (χ0v) is 17.9. The number of carbonyl (C=O) groups excluding carboxylic acids is 1. The minimum absolute atomic E-state index is 0.136. The van der Waals surface area contributed by atoms with Crippen LogP contribution >= 0.6 is 0 Å². The van der Waals surface area contributed by atoms with Crippen molar-refractivity contribution < 1.29 is 14.3 Å². The van der Waals surface area contributed by atoms with Crippen LogP contribution in [-0.4, -0.2) is 40.6 Å². The van der Waals surface area contributed by atoms with Crippen LogP contribution in [-0.2, 0) is 4.79 Å². The predicted molar refractivity (Wildman–Crippen MR) is 115 cm³/mol. The third kappa shape index (κ3) is 4.37. The SMILES string of the molecule is COc1cc(OC(C=O)N2C(C)(C)CCCC2(C)C)ccc1-c1cccc(N)n1. The van der Waals surface area contributed by atoms with Crippen LogP contribution in [0.25, 0.3) is 11.3 Å². The summed E-state index contributed by atoms with van der Waals surface area (Å²) < 4.78 is 11.7. The Hall–Kier alpha value is -2.60. The maximum Gasteiger partial charge on any atom is 0.209 e. The van der Waals surface area contributed by atoms with Crippen molar-refractivity contribution in [3.05, 3.63) is 36.4 Å². The second-order valence-electron chi connectivity index (χ2n) is 8.80. The van der Waals surface area contributed by atoms with Crippen molar-refractivity contribution in [2.75, 3.05) is 12.8 Å². The third-order valence-electron chi connectivity index (χ3n) is 5.73. The summed E-state index contributed by atoms with van der Waals surface area (Å²) in [6, 6.07) is 11.0. The molecular weight excluding hydrogens is 366 g/mol. The van der Waals surface area contributed by atoms with Crippen molar-refractivity contribution >= 4 is 12.1 Å². The van der Waals surface area contributed by atoms with Gasteiger partial charge in [-0.1, -0.05) is 6.07 Å². The molecule has 1 saturated heterocycles. The molecule has 2 aromatic rings. The van der Waals surface area contributed by atoms with Crippen LogP contribution in [0.3, 0.4) is 0 Å². The van der Waals surface area contributed by atoms with Crippen LogP contribution in [0.4, 0.5) is 5.82 Å². The van der Waals surface area contributed by atoms with E-state index in [2.05, 4.69) is 37.6 Å². The summed E-state index contributed by atoms with van der Waals surface area (Å²) in [4.78, 5) is 18.6. The monoisotopic (exact) mass is 397 g/mol. The van der Waals surface area contributed by atoms with Gasteiger partial charge in [0.25, 0.3) is 0 Å². The zero-order valence-electron chi connectivity index (χ0n) is 17.9. The average Bonchev–Trinajstić information content (AvgIpc) is 2.65. The van der Waals surface area contributed by atoms with Gasteiger partial charge in [0.05, 0.1) is 12.8 Å². The van der Waals surface area contributed by atoms with Crippen LogP contribution in [0, 0.1) is 0 Å². The van der Waals surface area contributed by atoms with Crippen LogP contribution in [0.2, 0.25) is 0 Å². The molecule has 3 rings (SSSR count). The van der Waals surface area contributed by atoms with Gasteiger partial charge in [-0.25, -0.2) is 4.98 Å². The highest BCUT2D eigenvalue weighted by Crippen LogP contribution is 2.40. The zero-order chi connectivity index (χ0) is 21.2. The Morgan fingerprint density at radius 3 is 2.41 bits per heavy atom. The first-order valence-electron chi connectivity index (χ1n) is 10.0. The molecule has 1 aromatic heterocycles. The summed E-state index contributed by atoms with van der Waals surface area (Å²) in [5, 5.41) is 0. The largest absolute Gasteiger partial charge is 0.496 e. The van der Waals surface area contributed by atoms with Gasteiger partial charge in [-0.2, -0.15) is 0 Å². The quantitative estimate of drug-likeness (QED) is 0.733. The number of nitrogens with zero attached hydrogens (tertiary/aromatic N) is 2. The van der Waals surface area contributed by atoms with E-state index in [0.29, 0.717) is 17.3 Å². The molecule has 0 radical (unpaired) electrons. The van der Waals surface area contributed by atoms with E-state index in [9.17, 15) is 4.79 Å². The number of anilines is 1. The molecule has 0 bridgehead atoms. The van der Waals surface area contributed by atoms with Crippen molar-refractivity contribution in [3.63, 3.8) is 0 Å². The molecule has 1 unspecified atom stereocenters. The number of methoxy groups -OCH3 is 1. The Balaban J connectivity index is 1.91. The number of aromatic nitrogens is 1. The van der Waals surface area contributed by atoms with E-state index >= 15 is 0 Å². The number of hydrogen-bond acceptors (Lipinski definition) is 6. The van der Waals surface area contributed by atoms with Gasteiger partial charge in [0.1, 0.15) is 17.3 Å². The number of nitrogen functional groups attached to an aromatic ring is 1. The van der Waals surface area contributed by atoms with Gasteiger partial charge < -0.3 is 15.2 Å². The lowest BCUT2D eigenvalue weighted by molar-refractivity contribution is -0.147. The molecule has 1 fully saturated rings. The Kier molecular flexibility index (Phi) is 5.85. The number of hydrogen-bond donors (Lipinski definition) is 1. The lowest BCUT2D eigenvalue weighted by Gasteiger charge is -2.54. The number of pyridine rings is 1. The fourth-order valence-corrected chi connectivity index (χ4v) is 4.54. The van der Waals surface area contributed by atoms with E-state index in [1.807, 2.05) is 24.3 Å². The number of rotatable bonds is 6. The first kappa shape index (κ1) is 21.1. The maximum atomic E-state index is 12.0. The minimum Gasteiger partial charge on any atom is -0.496 e. The molecule has 6 heteroatoms. The topological polar surface area (TPSA) is 77.7 Å². The van der Waals surface area contributed by atoms with Crippen LogP contribution in [0.1, 0.15) is 47.0 Å². The van der Waals surface area contributed by atoms with Gasteiger partial charge in [-0.3, -0.25) is 9.69 Å². The summed E-state index contributed by atoms with van der Waals surface area (Å²) in [5.41, 5.74) is 7.08. The average molecular weight is 398 g/mol. The molecule has 1 aromatic carbocycles. The molecule has 1 atom stereocenters. The normalized spacial score (nSPS) is 19.3. The highest BCUT2D eigenvalue weighted by molar-refractivity contribution is 5.69. The fourth-order valence-electron chi connectivity index (χ4n) is 4.54. The van der Waals surface area contributed by atoms with Crippen molar-refractivity contribution in [1.29, 1.82) is 0 Å². The number of carbonyl (C=O) groups is 1. The van der Waals surface area contributed by atoms with Crippen molar-refractivity contribution in [3.8, 4) is 22.8 Å². The van der Waals surface area contributed by atoms with Crippen LogP contribution in [0.15, 0.2) is 36.4 Å². The van der Waals surface area contributed by atoms with Crippen molar-refractivity contribution in [1.82, 2.24) is 9.88 Å². The lowest BCUT2D eigenvalue weighted by atomic mass is 9.79. The van der Waals surface area contributed by atoms with Gasteiger partial charge in [0.15, 0.2) is 6.29 Å². The molecule has 1 aliphatic heterocycles. The molecule has 29 heavy (non-hydrogen) atoms. The highest BCUT2D eigenvalue weighted by Gasteiger charge is 2.46. The molecule has 156 valence electrons. The first-order valence-corrected chi connectivity index (χ1v) is 10.0. The van der Waals surface area contributed by atoms with Gasteiger partial charge in [-0.15, -0.1) is 0 Å². The maximum absolute atomic E-state index is 12.0. The second-order valence-corrected chi connectivity index (χ2v) is 8.80. The van der Waals surface area contributed by atoms with E-state index < -0.39 is 6.23 Å². The Morgan fingerprint density at radius 1 is 1.14 bits per heavy atom. The standard InChI is InChI=1S/C23H31N3O3/c1-22(2)12-7-13-23(3,4)26(22)21(15-27)29-16-10-11-17(19(14-16)28-5)18-8-6-9-20(24)25-18/h6,8-11,14-15,21H,7,12-13H2,1-5H3,(H2,24,25). The third-order valence-corrected chi connectivity index (χ3v) is 5.73. The fraction of sp³-hybridized carbons (Fsp3) is 0.478. The van der Waals surface area contributed by atoms with Gasteiger partial charge >= 0.3 is 0 Å². The van der Waals surface area contributed by atoms with E-state index in [4.69, 9.17) is 15.2 Å². The molecule has 0 aliphatic carbocycles. The number of nitrogens with two attached hydrogens (primary N) is 1. The molecule has 0 spiro atoms. The summed E-state index contributed by atoms with van der Waals surface area (Å²) in [6.07, 6.45) is 3.38. The molecule has 0 saturated carbocycles. The molecule has 2 N–H and O–H groups in total. The molecule has 2 heterocycles. The van der Waals surface area contributed by atoms with Gasteiger partial charge in [0, 0.05) is 22.7 Å². The van der Waals surface area contributed by atoms with Crippen molar-refractivity contribution in [2.45, 2.75) is 64.3 Å². The summed E-state index contributed by atoms with van der Waals surface area (Å²) in [7, 11) is 1.60. The van der Waals surface area contributed by atoms with Gasteiger partial charge in [-0.05, 0) is 71.2 Å². The lowest BCUT2D eigenvalue weighted by Crippen LogP contribution is -2.64. The number of piperidine rings is 1. The number of ether oxygens (including phenoxy) is 2. The molecule has 0 amide bonds. The number of likely N-dealkylation sites (tertiary alicyclic amines) is 1. The minimum atomic E-state index is -0.679. The van der Waals surface area contributed by atoms with E-state index in [1.54, 1.807) is 19.2 Å². The molecule has 1 aliphatic rings. The van der Waals surface area contributed by atoms with E-state index in [0.717, 1.165) is 36.8 Å². The highest BCUT2D eigenvalue weighted by atomic mass is 16.5. The summed E-state index contributed by atoms with van der Waals surface area (Å²) >= 11 is 0. The van der Waals surface area contributed by atoms with Crippen LogP contribution in [0.5, 0.6) is 11.5 Å². The Labute approximate surface area is 173 Å². The van der Waals surface area contributed by atoms with E-state index in [-0.39, 0.29) is 11.1 Å². The summed E-state index contributed by atoms with van der Waals surface area (Å²) in [5.74, 6) is 1.63. The van der Waals surface area contributed by atoms with Crippen molar-refractivity contribution in [2.24, 2.45) is 0 Å². The first-order chi connectivity index (χ1) is 13.7. The van der Waals surface area contributed by atoms with Gasteiger partial charge in [0.2, 0.25) is 6.23 Å². The number of benzene rings is 1. The van der Waals surface area contributed by atoms with Crippen LogP contribution < -0.4 is 15.2 Å². The van der Waals surface area contributed by atoms with E-state index in [1.165, 1.54) is 0 Å². The molecule has 6 nitrogen and oxygen atoms in total. The smallest absolute Gasteiger partial charge is 0.209 e. The second kappa shape index (κ2) is 8.03. The Morgan fingerprint density at radius 2 is 1.83 bits per heavy atom. The Bertz CT molecular complexity index is 863. The predicted octanol–water partition coefficient (Wildman–Crippen LogP) is 4.29. The summed E-state index contributed by atoms with van der Waals surface area (Å²) in [6.45, 7) is 8.68. The number of aldehydes is 1. The molecular formula is C23H31N3O3.